The quantitative estimate of drug-likeness (QED) is 0.381. The van der Waals surface area contributed by atoms with Crippen LogP contribution in [0.3, 0.4) is 0 Å². The zero-order valence-corrected chi connectivity index (χ0v) is 18.2. The van der Waals surface area contributed by atoms with Crippen LogP contribution in [0.15, 0.2) is 24.3 Å². The van der Waals surface area contributed by atoms with Crippen molar-refractivity contribution in [3.8, 4) is 0 Å². The van der Waals surface area contributed by atoms with Crippen molar-refractivity contribution in [2.45, 2.75) is 58.3 Å². The third-order valence-electron chi connectivity index (χ3n) is 6.15. The number of hydrogen-bond donors (Lipinski definition) is 1. The first-order valence-corrected chi connectivity index (χ1v) is 9.86. The molecule has 1 aliphatic rings. The smallest absolute Gasteiger partial charge is 0.341 e. The predicted octanol–water partition coefficient (Wildman–Crippen LogP) is 5.92. The molecule has 30 heavy (non-hydrogen) atoms. The van der Waals surface area contributed by atoms with E-state index in [4.69, 9.17) is 0 Å². The molecule has 0 radical (unpaired) electrons. The van der Waals surface area contributed by atoms with Gasteiger partial charge in [0.15, 0.2) is 0 Å². The summed E-state index contributed by atoms with van der Waals surface area (Å²) in [5.41, 5.74) is 3.15. The van der Waals surface area contributed by atoms with Gasteiger partial charge in [0.05, 0.1) is 12.0 Å². The van der Waals surface area contributed by atoms with Crippen molar-refractivity contribution >= 4 is 23.0 Å². The van der Waals surface area contributed by atoms with E-state index < -0.39 is 28.0 Å². The highest BCUT2D eigenvalue weighted by molar-refractivity contribution is 5.92. The molecule has 0 aromatic heterocycles. The van der Waals surface area contributed by atoms with Crippen molar-refractivity contribution in [3.05, 3.63) is 62.5 Å². The molecule has 6 nitrogen and oxygen atoms in total. The van der Waals surface area contributed by atoms with Crippen LogP contribution in [-0.2, 0) is 15.6 Å². The number of methoxy groups -OCH3 is 1. The lowest BCUT2D eigenvalue weighted by atomic mass is 9.63. The molecule has 0 atom stereocenters. The van der Waals surface area contributed by atoms with E-state index in [2.05, 4.69) is 43.8 Å². The number of nitro groups is 1. The third-order valence-corrected chi connectivity index (χ3v) is 6.15. The molecule has 0 bridgehead atoms. The van der Waals surface area contributed by atoms with E-state index >= 15 is 0 Å². The van der Waals surface area contributed by atoms with Crippen LogP contribution in [0.2, 0.25) is 0 Å². The molecule has 2 aromatic rings. The minimum atomic E-state index is -0.962. The van der Waals surface area contributed by atoms with Crippen LogP contribution in [0.5, 0.6) is 0 Å². The van der Waals surface area contributed by atoms with Crippen molar-refractivity contribution in [1.29, 1.82) is 0 Å². The maximum Gasteiger partial charge on any atom is 0.341 e. The van der Waals surface area contributed by atoms with Gasteiger partial charge in [-0.2, -0.15) is 0 Å². The Morgan fingerprint density at radius 1 is 1.07 bits per heavy atom. The summed E-state index contributed by atoms with van der Waals surface area (Å²) in [6, 6.07) is 6.01. The highest BCUT2D eigenvalue weighted by Crippen LogP contribution is 2.47. The number of nitrogens with one attached hydrogen (secondary N) is 1. The topological polar surface area (TPSA) is 81.5 Å². The lowest BCUT2D eigenvalue weighted by Gasteiger charge is -2.42. The maximum absolute atomic E-state index is 14.5. The molecule has 160 valence electrons. The highest BCUT2D eigenvalue weighted by atomic mass is 19.1. The molecule has 0 unspecified atom stereocenters. The number of carbonyl (C=O) groups excluding carboxylic acids is 1. The van der Waals surface area contributed by atoms with Gasteiger partial charge in [-0.05, 0) is 53.4 Å². The van der Waals surface area contributed by atoms with Gasteiger partial charge < -0.3 is 10.1 Å². The van der Waals surface area contributed by atoms with E-state index in [0.717, 1.165) is 37.6 Å². The Balaban J connectivity index is 2.12. The number of hydrogen-bond acceptors (Lipinski definition) is 5. The molecule has 0 amide bonds. The van der Waals surface area contributed by atoms with Gasteiger partial charge in [0.2, 0.25) is 0 Å². The Morgan fingerprint density at radius 2 is 1.63 bits per heavy atom. The highest BCUT2D eigenvalue weighted by Gasteiger charge is 2.37. The van der Waals surface area contributed by atoms with Crippen LogP contribution in [0, 0.1) is 22.9 Å². The summed E-state index contributed by atoms with van der Waals surface area (Å²) in [7, 11) is 1.10. The largest absolute Gasteiger partial charge is 0.465 e. The standard InChI is InChI=1S/C23H27FN2O4/c1-13-9-15-16(23(4,5)8-7-22(15,2)3)11-18(13)25-19-12-17(24)14(21(27)30-6)10-20(19)26(28)29/h9-12,25H,7-8H2,1-6H3. The van der Waals surface area contributed by atoms with Gasteiger partial charge in [0, 0.05) is 17.8 Å². The van der Waals surface area contributed by atoms with Crippen LogP contribution >= 0.6 is 0 Å². The number of carbonyl (C=O) groups is 1. The average molecular weight is 414 g/mol. The third kappa shape index (κ3) is 3.76. The molecule has 0 fully saturated rings. The van der Waals surface area contributed by atoms with Gasteiger partial charge in [0.1, 0.15) is 17.1 Å². The molecule has 0 saturated carbocycles. The summed E-state index contributed by atoms with van der Waals surface area (Å²) in [6.45, 7) is 10.7. The molecule has 0 heterocycles. The fourth-order valence-corrected chi connectivity index (χ4v) is 4.08. The number of esters is 1. The van der Waals surface area contributed by atoms with E-state index in [1.165, 1.54) is 11.1 Å². The van der Waals surface area contributed by atoms with E-state index in [0.29, 0.717) is 5.69 Å². The van der Waals surface area contributed by atoms with Crippen molar-refractivity contribution in [3.63, 3.8) is 0 Å². The molecule has 0 spiro atoms. The molecule has 7 heteroatoms. The number of fused-ring (bicyclic) bond motifs is 1. The van der Waals surface area contributed by atoms with Crippen molar-refractivity contribution < 1.29 is 18.8 Å². The summed E-state index contributed by atoms with van der Waals surface area (Å²) < 4.78 is 19.0. The number of ether oxygens (including phenoxy) is 1. The number of halogens is 1. The molecule has 0 aliphatic heterocycles. The number of nitrogens with zero attached hydrogens (tertiary/aromatic N) is 1. The second kappa shape index (κ2) is 7.38. The monoisotopic (exact) mass is 414 g/mol. The first kappa shape index (κ1) is 21.7. The number of aryl methyl sites for hydroxylation is 1. The minimum Gasteiger partial charge on any atom is -0.465 e. The summed E-state index contributed by atoms with van der Waals surface area (Å²) >= 11 is 0. The van der Waals surface area contributed by atoms with E-state index in [1.54, 1.807) is 0 Å². The summed E-state index contributed by atoms with van der Waals surface area (Å²) in [5.74, 6) is -1.84. The van der Waals surface area contributed by atoms with Crippen LogP contribution in [0.25, 0.3) is 0 Å². The molecular weight excluding hydrogens is 387 g/mol. The Morgan fingerprint density at radius 3 is 2.17 bits per heavy atom. The fraction of sp³-hybridized carbons (Fsp3) is 0.435. The second-order valence-corrected chi connectivity index (χ2v) is 9.20. The average Bonchev–Trinajstić information content (AvgIpc) is 2.66. The Hall–Kier alpha value is -2.96. The van der Waals surface area contributed by atoms with E-state index in [1.807, 2.05) is 13.0 Å². The number of nitro benzene ring substituents is 1. The maximum atomic E-state index is 14.5. The van der Waals surface area contributed by atoms with Crippen LogP contribution in [0.1, 0.15) is 67.6 Å². The first-order valence-electron chi connectivity index (χ1n) is 9.86. The molecular formula is C23H27FN2O4. The Bertz CT molecular complexity index is 1040. The molecule has 3 rings (SSSR count). The molecule has 2 aromatic carbocycles. The van der Waals surface area contributed by atoms with Crippen LogP contribution < -0.4 is 5.32 Å². The van der Waals surface area contributed by atoms with Crippen molar-refractivity contribution in [2.24, 2.45) is 0 Å². The van der Waals surface area contributed by atoms with Gasteiger partial charge >= 0.3 is 5.97 Å². The van der Waals surface area contributed by atoms with Crippen LogP contribution in [-0.4, -0.2) is 18.0 Å². The van der Waals surface area contributed by atoms with Gasteiger partial charge in [-0.25, -0.2) is 9.18 Å². The fourth-order valence-electron chi connectivity index (χ4n) is 4.08. The minimum absolute atomic E-state index is 0.0129. The molecule has 1 N–H and O–H groups in total. The normalized spacial score (nSPS) is 16.5. The van der Waals surface area contributed by atoms with Crippen molar-refractivity contribution in [1.82, 2.24) is 0 Å². The Labute approximate surface area is 175 Å². The van der Waals surface area contributed by atoms with Crippen LogP contribution in [0.4, 0.5) is 21.5 Å². The van der Waals surface area contributed by atoms with E-state index in [9.17, 15) is 19.3 Å². The number of benzene rings is 2. The van der Waals surface area contributed by atoms with Gasteiger partial charge in [0.25, 0.3) is 5.69 Å². The lowest BCUT2D eigenvalue weighted by molar-refractivity contribution is -0.384. The van der Waals surface area contributed by atoms with Gasteiger partial charge in [-0.1, -0.05) is 33.8 Å². The summed E-state index contributed by atoms with van der Waals surface area (Å²) in [4.78, 5) is 22.7. The summed E-state index contributed by atoms with van der Waals surface area (Å²) in [6.07, 6.45) is 2.10. The van der Waals surface area contributed by atoms with E-state index in [-0.39, 0.29) is 16.5 Å². The first-order chi connectivity index (χ1) is 13.9. The van der Waals surface area contributed by atoms with Gasteiger partial charge in [-0.15, -0.1) is 0 Å². The van der Waals surface area contributed by atoms with Gasteiger partial charge in [-0.3, -0.25) is 10.1 Å². The van der Waals surface area contributed by atoms with Crippen molar-refractivity contribution in [2.75, 3.05) is 12.4 Å². The zero-order chi connectivity index (χ0) is 22.4. The predicted molar refractivity (Wildman–Crippen MR) is 114 cm³/mol. The SMILES string of the molecule is COC(=O)c1cc([N+](=O)[O-])c(Nc2cc3c(cc2C)C(C)(C)CCC3(C)C)cc1F. The molecule has 0 saturated heterocycles. The summed E-state index contributed by atoms with van der Waals surface area (Å²) in [5, 5.41) is 14.6. The lowest BCUT2D eigenvalue weighted by Crippen LogP contribution is -2.34. The number of rotatable bonds is 4. The second-order valence-electron chi connectivity index (χ2n) is 9.20. The zero-order valence-electron chi connectivity index (χ0n) is 18.2. The number of anilines is 2. The Kier molecular flexibility index (Phi) is 5.35. The molecule has 1 aliphatic carbocycles.